The van der Waals surface area contributed by atoms with Crippen molar-refractivity contribution in [2.24, 2.45) is 0 Å². The second kappa shape index (κ2) is 7.17. The Hall–Kier alpha value is -0.720. The highest BCUT2D eigenvalue weighted by atomic mass is 79.9. The summed E-state index contributed by atoms with van der Waals surface area (Å²) >= 11 is 3.41. The first-order valence-electron chi connectivity index (χ1n) is 6.27. The molecule has 1 N–H and O–H groups in total. The lowest BCUT2D eigenvalue weighted by Gasteiger charge is -2.28. The molecule has 0 unspecified atom stereocenters. The number of hydrogen-bond acceptors (Lipinski definition) is 3. The summed E-state index contributed by atoms with van der Waals surface area (Å²) in [6.45, 7) is 4.00. The molecule has 2 rings (SSSR count). The topological polar surface area (TPSA) is 24.5 Å². The van der Waals surface area contributed by atoms with Gasteiger partial charge < -0.3 is 10.1 Å². The third-order valence-corrected chi connectivity index (χ3v) is 3.48. The minimum absolute atomic E-state index is 0.544. The van der Waals surface area contributed by atoms with Gasteiger partial charge in [0.1, 0.15) is 12.4 Å². The maximum Gasteiger partial charge on any atom is 0.272 e. The summed E-state index contributed by atoms with van der Waals surface area (Å²) in [5, 5.41) is 3.29. The van der Waals surface area contributed by atoms with E-state index < -0.39 is 13.0 Å². The quantitative estimate of drug-likeness (QED) is 0.895. The van der Waals surface area contributed by atoms with E-state index in [1.807, 2.05) is 12.1 Å². The van der Waals surface area contributed by atoms with E-state index in [9.17, 15) is 8.78 Å². The summed E-state index contributed by atoms with van der Waals surface area (Å²) in [6, 6.07) is 5.48. The lowest BCUT2D eigenvalue weighted by atomic mass is 10.1. The molecule has 6 heteroatoms. The minimum atomic E-state index is -2.45. The van der Waals surface area contributed by atoms with Crippen molar-refractivity contribution in [3.8, 4) is 5.75 Å². The van der Waals surface area contributed by atoms with E-state index >= 15 is 0 Å². The highest BCUT2D eigenvalue weighted by molar-refractivity contribution is 9.10. The molecule has 1 fully saturated rings. The van der Waals surface area contributed by atoms with Gasteiger partial charge in [-0.25, -0.2) is 8.78 Å². The molecule has 0 radical (unpaired) electrons. The smallest absolute Gasteiger partial charge is 0.272 e. The van der Waals surface area contributed by atoms with Crippen LogP contribution >= 0.6 is 15.9 Å². The molecule has 0 bridgehead atoms. The Morgan fingerprint density at radius 3 is 2.74 bits per heavy atom. The zero-order valence-corrected chi connectivity index (χ0v) is 12.1. The molecular weight excluding hydrogens is 318 g/mol. The Balaban J connectivity index is 2.05. The van der Waals surface area contributed by atoms with Crippen LogP contribution in [0.4, 0.5) is 8.78 Å². The highest BCUT2D eigenvalue weighted by Crippen LogP contribution is 2.25. The molecule has 3 nitrogen and oxygen atoms in total. The molecule has 0 amide bonds. The molecule has 0 saturated carbocycles. The number of hydrogen-bond donors (Lipinski definition) is 1. The molecule has 0 atom stereocenters. The molecule has 0 spiro atoms. The van der Waals surface area contributed by atoms with Gasteiger partial charge in [-0.15, -0.1) is 0 Å². The number of nitrogens with zero attached hydrogens (tertiary/aromatic N) is 1. The Labute approximate surface area is 120 Å². The lowest BCUT2D eigenvalue weighted by molar-refractivity contribution is 0.0808. The van der Waals surface area contributed by atoms with Crippen molar-refractivity contribution in [1.82, 2.24) is 10.2 Å². The second-order valence-corrected chi connectivity index (χ2v) is 5.40. The highest BCUT2D eigenvalue weighted by Gasteiger charge is 2.14. The van der Waals surface area contributed by atoms with Crippen LogP contribution in [0.3, 0.4) is 0 Å². The summed E-state index contributed by atoms with van der Waals surface area (Å²) in [5.74, 6) is 0.544. The predicted octanol–water partition coefficient (Wildman–Crippen LogP) is 2.50. The van der Waals surface area contributed by atoms with Gasteiger partial charge in [-0.05, 0) is 18.2 Å². The maximum absolute atomic E-state index is 12.2. The molecule has 19 heavy (non-hydrogen) atoms. The zero-order valence-electron chi connectivity index (χ0n) is 10.5. The monoisotopic (exact) mass is 334 g/mol. The van der Waals surface area contributed by atoms with Gasteiger partial charge in [0.25, 0.3) is 6.43 Å². The van der Waals surface area contributed by atoms with E-state index in [-0.39, 0.29) is 0 Å². The first kappa shape index (κ1) is 14.7. The molecule has 1 aromatic carbocycles. The SMILES string of the molecule is FC(F)COc1ccc(Br)cc1CN1CCNCC1. The zero-order chi connectivity index (χ0) is 13.7. The van der Waals surface area contributed by atoms with Crippen LogP contribution in [0.25, 0.3) is 0 Å². The van der Waals surface area contributed by atoms with Crippen molar-refractivity contribution in [3.05, 3.63) is 28.2 Å². The standard InChI is InChI=1S/C13H17BrF2N2O/c14-11-1-2-12(19-9-13(15)16)10(7-11)8-18-5-3-17-4-6-18/h1-2,7,13,17H,3-6,8-9H2. The van der Waals surface area contributed by atoms with Crippen LogP contribution in [-0.2, 0) is 6.54 Å². The summed E-state index contributed by atoms with van der Waals surface area (Å²) < 4.78 is 30.6. The minimum Gasteiger partial charge on any atom is -0.487 e. The number of alkyl halides is 2. The van der Waals surface area contributed by atoms with Crippen LogP contribution in [0, 0.1) is 0 Å². The number of halogens is 3. The van der Waals surface area contributed by atoms with Crippen molar-refractivity contribution in [2.45, 2.75) is 13.0 Å². The number of benzene rings is 1. The van der Waals surface area contributed by atoms with Crippen LogP contribution < -0.4 is 10.1 Å². The normalized spacial score (nSPS) is 16.8. The van der Waals surface area contributed by atoms with Gasteiger partial charge in [-0.2, -0.15) is 0 Å². The number of nitrogens with one attached hydrogen (secondary N) is 1. The maximum atomic E-state index is 12.2. The Morgan fingerprint density at radius 2 is 2.05 bits per heavy atom. The van der Waals surface area contributed by atoms with Gasteiger partial charge in [-0.3, -0.25) is 4.90 Å². The van der Waals surface area contributed by atoms with Crippen LogP contribution in [0.15, 0.2) is 22.7 Å². The van der Waals surface area contributed by atoms with Crippen molar-refractivity contribution >= 4 is 15.9 Å². The second-order valence-electron chi connectivity index (χ2n) is 4.48. The van der Waals surface area contributed by atoms with Crippen molar-refractivity contribution in [3.63, 3.8) is 0 Å². The number of piperazine rings is 1. The average Bonchev–Trinajstić information content (AvgIpc) is 2.39. The molecule has 1 aromatic rings. The van der Waals surface area contributed by atoms with E-state index in [4.69, 9.17) is 4.74 Å². The largest absolute Gasteiger partial charge is 0.487 e. The third kappa shape index (κ3) is 4.71. The van der Waals surface area contributed by atoms with Gasteiger partial charge in [0.05, 0.1) is 0 Å². The van der Waals surface area contributed by atoms with Crippen LogP contribution in [0.1, 0.15) is 5.56 Å². The van der Waals surface area contributed by atoms with E-state index in [0.717, 1.165) is 42.8 Å². The molecule has 1 saturated heterocycles. The van der Waals surface area contributed by atoms with E-state index in [1.54, 1.807) is 6.07 Å². The van der Waals surface area contributed by atoms with Gasteiger partial charge in [-0.1, -0.05) is 15.9 Å². The molecule has 1 heterocycles. The predicted molar refractivity (Wildman–Crippen MR) is 73.8 cm³/mol. The summed E-state index contributed by atoms with van der Waals surface area (Å²) in [4.78, 5) is 2.29. The van der Waals surface area contributed by atoms with Crippen LogP contribution in [-0.4, -0.2) is 44.1 Å². The van der Waals surface area contributed by atoms with Gasteiger partial charge in [0.2, 0.25) is 0 Å². The van der Waals surface area contributed by atoms with Crippen molar-refractivity contribution in [1.29, 1.82) is 0 Å². The Morgan fingerprint density at radius 1 is 1.32 bits per heavy atom. The van der Waals surface area contributed by atoms with E-state index in [1.165, 1.54) is 0 Å². The fraction of sp³-hybridized carbons (Fsp3) is 0.538. The molecule has 106 valence electrons. The van der Waals surface area contributed by atoms with Crippen molar-refractivity contribution < 1.29 is 13.5 Å². The summed E-state index contributed by atoms with van der Waals surface area (Å²) in [7, 11) is 0. The first-order valence-corrected chi connectivity index (χ1v) is 7.07. The molecule has 0 aliphatic carbocycles. The van der Waals surface area contributed by atoms with E-state index in [0.29, 0.717) is 5.75 Å². The molecule has 1 aliphatic heterocycles. The lowest BCUT2D eigenvalue weighted by Crippen LogP contribution is -2.42. The van der Waals surface area contributed by atoms with E-state index in [2.05, 4.69) is 26.1 Å². The third-order valence-electron chi connectivity index (χ3n) is 2.99. The average molecular weight is 335 g/mol. The van der Waals surface area contributed by atoms with Crippen LogP contribution in [0.2, 0.25) is 0 Å². The number of rotatable bonds is 5. The van der Waals surface area contributed by atoms with Crippen molar-refractivity contribution in [2.75, 3.05) is 32.8 Å². The van der Waals surface area contributed by atoms with Gasteiger partial charge in [0, 0.05) is 42.8 Å². The molecular formula is C13H17BrF2N2O. The first-order chi connectivity index (χ1) is 9.15. The summed E-state index contributed by atoms with van der Waals surface area (Å²) in [5.41, 5.74) is 0.942. The van der Waals surface area contributed by atoms with Gasteiger partial charge >= 0.3 is 0 Å². The van der Waals surface area contributed by atoms with Gasteiger partial charge in [0.15, 0.2) is 0 Å². The Bertz CT molecular complexity index is 412. The Kier molecular flexibility index (Phi) is 5.54. The van der Waals surface area contributed by atoms with Crippen LogP contribution in [0.5, 0.6) is 5.75 Å². The molecule has 1 aliphatic rings. The fourth-order valence-electron chi connectivity index (χ4n) is 2.08. The fourth-order valence-corrected chi connectivity index (χ4v) is 2.48. The summed E-state index contributed by atoms with van der Waals surface area (Å²) in [6.07, 6.45) is -2.45. The molecule has 0 aromatic heterocycles. The number of ether oxygens (including phenoxy) is 1.